The van der Waals surface area contributed by atoms with Crippen LogP contribution in [0.25, 0.3) is 38.3 Å². The highest BCUT2D eigenvalue weighted by molar-refractivity contribution is 7.85. The second-order valence-electron chi connectivity index (χ2n) is 13.2. The van der Waals surface area contributed by atoms with Gasteiger partial charge in [0.2, 0.25) is 0 Å². The standard InChI is InChI=1S/C47H32NOP/c49-50(36-18-6-2-7-19-36,37-20-8-3-9-21-37)38-30-28-35(29-31-38)47(34-16-4-1-5-17-34)42-25-14-24-41-40-23-12-13-26-44(40)48(46(41)42)45-39-22-11-10-15-33(39)27-32-43(45)47/h1-32H. The van der Waals surface area contributed by atoms with Crippen molar-refractivity contribution in [1.29, 1.82) is 0 Å². The molecule has 0 N–H and O–H groups in total. The lowest BCUT2D eigenvalue weighted by Gasteiger charge is -2.42. The van der Waals surface area contributed by atoms with Gasteiger partial charge in [-0.1, -0.05) is 188 Å². The molecule has 0 bridgehead atoms. The van der Waals surface area contributed by atoms with Crippen molar-refractivity contribution in [2.75, 3.05) is 0 Å². The fraction of sp³-hybridized carbons (Fsp3) is 0.0213. The molecule has 3 heteroatoms. The van der Waals surface area contributed by atoms with Gasteiger partial charge in [-0.05, 0) is 33.7 Å². The third-order valence-electron chi connectivity index (χ3n) is 10.7. The van der Waals surface area contributed by atoms with Gasteiger partial charge in [0.25, 0.3) is 0 Å². The number of fused-ring (bicyclic) bond motifs is 7. The Bertz CT molecular complexity index is 2720. The Morgan fingerprint density at radius 2 is 0.940 bits per heavy atom. The Hall–Kier alpha value is -5.95. The van der Waals surface area contributed by atoms with E-state index in [1.165, 1.54) is 55.0 Å². The summed E-state index contributed by atoms with van der Waals surface area (Å²) in [6.45, 7) is 0. The summed E-state index contributed by atoms with van der Waals surface area (Å²) >= 11 is 0. The Balaban J connectivity index is 1.33. The molecule has 0 radical (unpaired) electrons. The van der Waals surface area contributed by atoms with Gasteiger partial charge in [0.15, 0.2) is 7.14 Å². The summed E-state index contributed by atoms with van der Waals surface area (Å²) in [4.78, 5) is 0. The van der Waals surface area contributed by atoms with E-state index in [-0.39, 0.29) is 0 Å². The summed E-state index contributed by atoms with van der Waals surface area (Å²) in [5.74, 6) is 0. The number of rotatable bonds is 5. The fourth-order valence-corrected chi connectivity index (χ4v) is 11.3. The lowest BCUT2D eigenvalue weighted by molar-refractivity contribution is 0.592. The molecule has 0 aliphatic carbocycles. The maximum atomic E-state index is 15.4. The summed E-state index contributed by atoms with van der Waals surface area (Å²) in [7, 11) is -3.15. The van der Waals surface area contributed by atoms with E-state index in [1.807, 2.05) is 60.7 Å². The molecule has 0 saturated heterocycles. The van der Waals surface area contributed by atoms with Gasteiger partial charge in [-0.15, -0.1) is 0 Å². The number of aromatic nitrogens is 1. The van der Waals surface area contributed by atoms with Crippen LogP contribution in [0.2, 0.25) is 0 Å². The molecule has 2 nitrogen and oxygen atoms in total. The Morgan fingerprint density at radius 1 is 0.400 bits per heavy atom. The van der Waals surface area contributed by atoms with Gasteiger partial charge in [0.1, 0.15) is 0 Å². The molecule has 1 atom stereocenters. The molecule has 1 aliphatic heterocycles. The Labute approximate surface area is 291 Å². The van der Waals surface area contributed by atoms with Crippen molar-refractivity contribution < 1.29 is 4.57 Å². The first kappa shape index (κ1) is 29.0. The van der Waals surface area contributed by atoms with Crippen LogP contribution in [0.1, 0.15) is 22.3 Å². The van der Waals surface area contributed by atoms with Gasteiger partial charge in [-0.3, -0.25) is 0 Å². The highest BCUT2D eigenvalue weighted by atomic mass is 31.2. The molecule has 0 amide bonds. The first-order valence-electron chi connectivity index (χ1n) is 17.1. The minimum atomic E-state index is -3.15. The molecule has 9 aromatic rings. The topological polar surface area (TPSA) is 22.0 Å². The molecule has 0 fully saturated rings. The van der Waals surface area contributed by atoms with Crippen LogP contribution < -0.4 is 15.9 Å². The van der Waals surface area contributed by atoms with Crippen LogP contribution in [0, 0.1) is 0 Å². The predicted octanol–water partition coefficient (Wildman–Crippen LogP) is 10.3. The first-order chi connectivity index (χ1) is 24.7. The lowest BCUT2D eigenvalue weighted by Crippen LogP contribution is -2.36. The molecule has 1 unspecified atom stereocenters. The zero-order valence-corrected chi connectivity index (χ0v) is 28.2. The van der Waals surface area contributed by atoms with Gasteiger partial charge in [-0.2, -0.15) is 0 Å². The van der Waals surface area contributed by atoms with Crippen molar-refractivity contribution in [3.05, 3.63) is 216 Å². The second-order valence-corrected chi connectivity index (χ2v) is 15.9. The summed E-state index contributed by atoms with van der Waals surface area (Å²) in [5, 5.41) is 7.40. The third kappa shape index (κ3) is 3.89. The number of para-hydroxylation sites is 2. The molecule has 10 rings (SSSR count). The highest BCUT2D eigenvalue weighted by Crippen LogP contribution is 2.55. The van der Waals surface area contributed by atoms with Crippen LogP contribution in [0.3, 0.4) is 0 Å². The summed E-state index contributed by atoms with van der Waals surface area (Å²) in [6.07, 6.45) is 0. The van der Waals surface area contributed by atoms with Crippen LogP contribution in [0.15, 0.2) is 194 Å². The van der Waals surface area contributed by atoms with E-state index in [0.717, 1.165) is 21.5 Å². The maximum absolute atomic E-state index is 15.4. The number of hydrogen-bond acceptors (Lipinski definition) is 1. The first-order valence-corrected chi connectivity index (χ1v) is 18.8. The van der Waals surface area contributed by atoms with Crippen LogP contribution in [-0.4, -0.2) is 4.57 Å². The molecular weight excluding hydrogens is 625 g/mol. The number of nitrogens with zero attached hydrogens (tertiary/aromatic N) is 1. The highest BCUT2D eigenvalue weighted by Gasteiger charge is 2.46. The Morgan fingerprint density at radius 3 is 1.64 bits per heavy atom. The summed E-state index contributed by atoms with van der Waals surface area (Å²) in [6, 6.07) is 68.4. The normalized spacial score (nSPS) is 15.4. The quantitative estimate of drug-likeness (QED) is 0.169. The van der Waals surface area contributed by atoms with Gasteiger partial charge in [0, 0.05) is 32.1 Å². The van der Waals surface area contributed by atoms with E-state index in [4.69, 9.17) is 0 Å². The molecule has 2 heterocycles. The van der Waals surface area contributed by atoms with Gasteiger partial charge >= 0.3 is 0 Å². The lowest BCUT2D eigenvalue weighted by atomic mass is 9.63. The van der Waals surface area contributed by atoms with Crippen molar-refractivity contribution in [3.63, 3.8) is 0 Å². The largest absolute Gasteiger partial charge is 0.309 e. The minimum Gasteiger partial charge on any atom is -0.309 e. The maximum Gasteiger partial charge on any atom is 0.171 e. The van der Waals surface area contributed by atoms with Crippen LogP contribution in [0.4, 0.5) is 0 Å². The third-order valence-corrected chi connectivity index (χ3v) is 13.8. The van der Waals surface area contributed by atoms with Crippen molar-refractivity contribution in [2.24, 2.45) is 0 Å². The van der Waals surface area contributed by atoms with Crippen molar-refractivity contribution in [3.8, 4) is 5.69 Å². The average molecular weight is 658 g/mol. The van der Waals surface area contributed by atoms with Crippen molar-refractivity contribution in [1.82, 2.24) is 4.57 Å². The average Bonchev–Trinajstić information content (AvgIpc) is 3.54. The summed E-state index contributed by atoms with van der Waals surface area (Å²) < 4.78 is 17.9. The molecule has 0 saturated carbocycles. The molecule has 236 valence electrons. The SMILES string of the molecule is O=P(c1ccccc1)(c1ccccc1)c1ccc(C2(c3ccccc3)c3ccc4ccccc4c3-n3c4ccccc4c4cccc2c43)cc1. The van der Waals surface area contributed by atoms with E-state index < -0.39 is 12.6 Å². The van der Waals surface area contributed by atoms with Gasteiger partial charge in [0.05, 0.1) is 22.1 Å². The molecule has 0 spiro atoms. The fourth-order valence-electron chi connectivity index (χ4n) is 8.62. The zero-order valence-electron chi connectivity index (χ0n) is 27.3. The van der Waals surface area contributed by atoms with Crippen molar-refractivity contribution >= 4 is 55.6 Å². The van der Waals surface area contributed by atoms with Crippen LogP contribution >= 0.6 is 7.14 Å². The monoisotopic (exact) mass is 657 g/mol. The molecule has 1 aliphatic rings. The van der Waals surface area contributed by atoms with Crippen LogP contribution in [-0.2, 0) is 9.98 Å². The van der Waals surface area contributed by atoms with E-state index in [1.54, 1.807) is 0 Å². The number of benzene rings is 8. The molecular formula is C47H32NOP. The van der Waals surface area contributed by atoms with Gasteiger partial charge in [-0.25, -0.2) is 0 Å². The van der Waals surface area contributed by atoms with E-state index in [0.29, 0.717) is 0 Å². The zero-order chi connectivity index (χ0) is 33.3. The second kappa shape index (κ2) is 11.0. The van der Waals surface area contributed by atoms with Crippen molar-refractivity contribution in [2.45, 2.75) is 5.41 Å². The van der Waals surface area contributed by atoms with Crippen LogP contribution in [0.5, 0.6) is 0 Å². The molecule has 50 heavy (non-hydrogen) atoms. The predicted molar refractivity (Wildman–Crippen MR) is 210 cm³/mol. The number of hydrogen-bond donors (Lipinski definition) is 0. The minimum absolute atomic E-state index is 0.646. The molecule has 1 aromatic heterocycles. The van der Waals surface area contributed by atoms with E-state index >= 15 is 4.57 Å². The van der Waals surface area contributed by atoms with Gasteiger partial charge < -0.3 is 9.13 Å². The van der Waals surface area contributed by atoms with E-state index in [9.17, 15) is 0 Å². The Kier molecular flexibility index (Phi) is 6.40. The molecule has 8 aromatic carbocycles. The smallest absolute Gasteiger partial charge is 0.171 e. The summed E-state index contributed by atoms with van der Waals surface area (Å²) in [5.41, 5.74) is 7.80. The van der Waals surface area contributed by atoms with E-state index in [2.05, 4.69) is 138 Å².